The van der Waals surface area contributed by atoms with Crippen LogP contribution in [0.4, 0.5) is 21.9 Å². The zero-order valence-corrected chi connectivity index (χ0v) is 14.3. The summed E-state index contributed by atoms with van der Waals surface area (Å²) in [4.78, 5) is 26.3. The summed E-state index contributed by atoms with van der Waals surface area (Å²) in [6.07, 6.45) is 3.20. The first-order valence-corrected chi connectivity index (χ1v) is 8.71. The van der Waals surface area contributed by atoms with E-state index in [4.69, 9.17) is 0 Å². The maximum atomic E-state index is 12.3. The molecule has 5 heteroatoms. The Kier molecular flexibility index (Phi) is 3.92. The summed E-state index contributed by atoms with van der Waals surface area (Å²) in [7, 11) is 0. The van der Waals surface area contributed by atoms with Gasteiger partial charge in [0.15, 0.2) is 0 Å². The van der Waals surface area contributed by atoms with Crippen LogP contribution in [0.3, 0.4) is 0 Å². The van der Waals surface area contributed by atoms with Crippen molar-refractivity contribution in [1.82, 2.24) is 0 Å². The van der Waals surface area contributed by atoms with Crippen LogP contribution in [0, 0.1) is 6.92 Å². The SMILES string of the molecule is Cc1ccc(NC(=O)Nc2cc3c4c(c2)CCC(=O)N4CCC3)cc1. The fourth-order valence-electron chi connectivity index (χ4n) is 3.66. The number of rotatable bonds is 2. The predicted molar refractivity (Wildman–Crippen MR) is 99.3 cm³/mol. The van der Waals surface area contributed by atoms with Crippen LogP contribution in [-0.2, 0) is 17.6 Å². The molecule has 0 spiro atoms. The van der Waals surface area contributed by atoms with Gasteiger partial charge < -0.3 is 15.5 Å². The number of hydrogen-bond acceptors (Lipinski definition) is 2. The van der Waals surface area contributed by atoms with Crippen molar-refractivity contribution in [2.24, 2.45) is 0 Å². The van der Waals surface area contributed by atoms with Crippen LogP contribution in [0.15, 0.2) is 36.4 Å². The van der Waals surface area contributed by atoms with E-state index in [1.165, 1.54) is 0 Å². The smallest absolute Gasteiger partial charge is 0.312 e. The number of nitrogens with one attached hydrogen (secondary N) is 2. The summed E-state index contributed by atoms with van der Waals surface area (Å²) in [5.74, 6) is 0.214. The van der Waals surface area contributed by atoms with Crippen LogP contribution in [0.5, 0.6) is 0 Å². The van der Waals surface area contributed by atoms with Crippen molar-refractivity contribution >= 4 is 29.0 Å². The molecule has 4 rings (SSSR count). The molecule has 5 nitrogen and oxygen atoms in total. The molecule has 2 heterocycles. The number of nitrogens with zero attached hydrogens (tertiary/aromatic N) is 1. The third-order valence-electron chi connectivity index (χ3n) is 4.84. The normalized spacial score (nSPS) is 15.6. The monoisotopic (exact) mass is 335 g/mol. The number of hydrogen-bond donors (Lipinski definition) is 2. The van der Waals surface area contributed by atoms with Gasteiger partial charge in [-0.1, -0.05) is 17.7 Å². The third-order valence-corrected chi connectivity index (χ3v) is 4.84. The fourth-order valence-corrected chi connectivity index (χ4v) is 3.66. The van der Waals surface area contributed by atoms with Crippen LogP contribution in [0.25, 0.3) is 0 Å². The van der Waals surface area contributed by atoms with Crippen LogP contribution in [0.2, 0.25) is 0 Å². The van der Waals surface area contributed by atoms with Gasteiger partial charge in [-0.15, -0.1) is 0 Å². The second-order valence-electron chi connectivity index (χ2n) is 6.74. The zero-order chi connectivity index (χ0) is 17.4. The molecule has 2 aliphatic rings. The summed E-state index contributed by atoms with van der Waals surface area (Å²) in [6, 6.07) is 11.4. The van der Waals surface area contributed by atoms with Crippen LogP contribution >= 0.6 is 0 Å². The molecule has 25 heavy (non-hydrogen) atoms. The summed E-state index contributed by atoms with van der Waals surface area (Å²) < 4.78 is 0. The van der Waals surface area contributed by atoms with Crippen LogP contribution in [-0.4, -0.2) is 18.5 Å². The van der Waals surface area contributed by atoms with E-state index in [1.54, 1.807) is 0 Å². The molecule has 3 amide bonds. The van der Waals surface area contributed by atoms with Gasteiger partial charge in [0.05, 0.1) is 5.69 Å². The molecule has 0 fully saturated rings. The molecular formula is C20H21N3O2. The lowest BCUT2D eigenvalue weighted by Gasteiger charge is -2.35. The maximum absolute atomic E-state index is 12.3. The molecule has 0 aliphatic carbocycles. The van der Waals surface area contributed by atoms with Crippen molar-refractivity contribution < 1.29 is 9.59 Å². The molecule has 2 aromatic carbocycles. The van der Waals surface area contributed by atoms with Crippen molar-refractivity contribution in [3.05, 3.63) is 53.1 Å². The number of carbonyl (C=O) groups excluding carboxylic acids is 2. The Balaban J connectivity index is 1.54. The Labute approximate surface area is 147 Å². The van der Waals surface area contributed by atoms with Crippen LogP contribution < -0.4 is 15.5 Å². The van der Waals surface area contributed by atoms with Crippen molar-refractivity contribution in [3.63, 3.8) is 0 Å². The quantitative estimate of drug-likeness (QED) is 0.875. The van der Waals surface area contributed by atoms with E-state index in [9.17, 15) is 9.59 Å². The van der Waals surface area contributed by atoms with Crippen LogP contribution in [0.1, 0.15) is 29.5 Å². The van der Waals surface area contributed by atoms with Gasteiger partial charge in [-0.25, -0.2) is 4.79 Å². The minimum absolute atomic E-state index is 0.214. The highest BCUT2D eigenvalue weighted by Gasteiger charge is 2.29. The first kappa shape index (κ1) is 15.7. The lowest BCUT2D eigenvalue weighted by atomic mass is 9.91. The molecule has 2 aliphatic heterocycles. The lowest BCUT2D eigenvalue weighted by molar-refractivity contribution is -0.119. The number of urea groups is 1. The summed E-state index contributed by atoms with van der Waals surface area (Å²) in [5.41, 5.74) is 6.09. The van der Waals surface area contributed by atoms with Gasteiger partial charge in [-0.2, -0.15) is 0 Å². The van der Waals surface area contributed by atoms with Crippen molar-refractivity contribution in [2.45, 2.75) is 32.6 Å². The first-order chi connectivity index (χ1) is 12.1. The van der Waals surface area contributed by atoms with Crippen molar-refractivity contribution in [1.29, 1.82) is 0 Å². The van der Waals surface area contributed by atoms with E-state index in [-0.39, 0.29) is 11.9 Å². The largest absolute Gasteiger partial charge is 0.323 e. The second-order valence-corrected chi connectivity index (χ2v) is 6.74. The summed E-state index contributed by atoms with van der Waals surface area (Å²) in [6.45, 7) is 2.82. The van der Waals surface area contributed by atoms with E-state index in [0.29, 0.717) is 6.42 Å². The van der Waals surface area contributed by atoms with Gasteiger partial charge >= 0.3 is 6.03 Å². The van der Waals surface area contributed by atoms with Gasteiger partial charge in [-0.3, -0.25) is 4.79 Å². The van der Waals surface area contributed by atoms with E-state index in [2.05, 4.69) is 10.6 Å². The Morgan fingerprint density at radius 3 is 2.40 bits per heavy atom. The fraction of sp³-hybridized carbons (Fsp3) is 0.300. The Bertz CT molecular complexity index is 826. The third kappa shape index (κ3) is 3.09. The van der Waals surface area contributed by atoms with Gasteiger partial charge in [0.2, 0.25) is 5.91 Å². The summed E-state index contributed by atoms with van der Waals surface area (Å²) in [5, 5.41) is 5.78. The lowest BCUT2D eigenvalue weighted by Crippen LogP contribution is -2.39. The Morgan fingerprint density at radius 1 is 0.960 bits per heavy atom. The average Bonchev–Trinajstić information content (AvgIpc) is 2.60. The topological polar surface area (TPSA) is 61.4 Å². The molecule has 128 valence electrons. The molecule has 0 saturated heterocycles. The Morgan fingerprint density at radius 2 is 1.64 bits per heavy atom. The number of aryl methyl sites for hydroxylation is 3. The average molecular weight is 335 g/mol. The molecule has 0 bridgehead atoms. The number of carbonyl (C=O) groups is 2. The molecule has 2 N–H and O–H groups in total. The highest BCUT2D eigenvalue weighted by Crippen LogP contribution is 2.37. The molecule has 0 unspecified atom stereocenters. The highest BCUT2D eigenvalue weighted by atomic mass is 16.2. The summed E-state index contributed by atoms with van der Waals surface area (Å²) >= 11 is 0. The second kappa shape index (κ2) is 6.24. The van der Waals surface area contributed by atoms with Gasteiger partial charge in [0.1, 0.15) is 0 Å². The minimum Gasteiger partial charge on any atom is -0.312 e. The van der Waals surface area contributed by atoms with E-state index in [1.807, 2.05) is 48.2 Å². The van der Waals surface area contributed by atoms with Crippen molar-refractivity contribution in [3.8, 4) is 0 Å². The predicted octanol–water partition coefficient (Wildman–Crippen LogP) is 3.86. The van der Waals surface area contributed by atoms with E-state index in [0.717, 1.165) is 59.6 Å². The first-order valence-electron chi connectivity index (χ1n) is 8.71. The number of benzene rings is 2. The molecular weight excluding hydrogens is 314 g/mol. The zero-order valence-electron chi connectivity index (χ0n) is 14.3. The standard InChI is InChI=1S/C20H21N3O2/c1-13-4-7-16(8-5-13)21-20(25)22-17-11-14-3-2-10-23-18(24)9-6-15(12-17)19(14)23/h4-5,7-8,11-12H,2-3,6,9-10H2,1H3,(H2,21,22,25). The minimum atomic E-state index is -0.254. The molecule has 0 saturated carbocycles. The molecule has 0 atom stereocenters. The number of anilines is 3. The molecule has 0 aromatic heterocycles. The molecule has 0 radical (unpaired) electrons. The number of amides is 3. The van der Waals surface area contributed by atoms with Gasteiger partial charge in [0.25, 0.3) is 0 Å². The van der Waals surface area contributed by atoms with E-state index >= 15 is 0 Å². The van der Waals surface area contributed by atoms with E-state index < -0.39 is 0 Å². The maximum Gasteiger partial charge on any atom is 0.323 e. The highest BCUT2D eigenvalue weighted by molar-refractivity contribution is 6.01. The van der Waals surface area contributed by atoms with Gasteiger partial charge in [0, 0.05) is 24.3 Å². The van der Waals surface area contributed by atoms with Crippen molar-refractivity contribution in [2.75, 3.05) is 22.1 Å². The van der Waals surface area contributed by atoms with Gasteiger partial charge in [-0.05, 0) is 61.6 Å². The molecule has 2 aromatic rings. The Hall–Kier alpha value is -2.82.